The van der Waals surface area contributed by atoms with E-state index < -0.39 is 0 Å². The lowest BCUT2D eigenvalue weighted by atomic mass is 9.92. The van der Waals surface area contributed by atoms with E-state index in [9.17, 15) is 4.79 Å². The molecule has 122 valence electrons. The van der Waals surface area contributed by atoms with Crippen LogP contribution in [0.15, 0.2) is 15.4 Å². The molecule has 1 unspecified atom stereocenters. The highest BCUT2D eigenvalue weighted by Crippen LogP contribution is 2.26. The number of rotatable bonds is 4. The molecule has 1 N–H and O–H groups in total. The van der Waals surface area contributed by atoms with Gasteiger partial charge < -0.3 is 9.84 Å². The van der Waals surface area contributed by atoms with E-state index in [1.807, 2.05) is 0 Å². The van der Waals surface area contributed by atoms with Gasteiger partial charge >= 0.3 is 0 Å². The molecule has 4 rings (SSSR count). The molecule has 6 nitrogen and oxygen atoms in total. The summed E-state index contributed by atoms with van der Waals surface area (Å²) in [7, 11) is 0. The van der Waals surface area contributed by atoms with Gasteiger partial charge in [-0.3, -0.25) is 9.69 Å². The summed E-state index contributed by atoms with van der Waals surface area (Å²) < 4.78 is 5.52. The first-order valence-corrected chi connectivity index (χ1v) is 9.11. The van der Waals surface area contributed by atoms with E-state index in [1.54, 1.807) is 10.9 Å². The number of amides is 1. The number of nitrogens with one attached hydrogen (secondary N) is 1. The van der Waals surface area contributed by atoms with Gasteiger partial charge in [-0.05, 0) is 38.8 Å². The Labute approximate surface area is 138 Å². The van der Waals surface area contributed by atoms with Gasteiger partial charge in [-0.25, -0.2) is 4.98 Å². The van der Waals surface area contributed by atoms with Gasteiger partial charge in [-0.2, -0.15) is 0 Å². The van der Waals surface area contributed by atoms with Crippen molar-refractivity contribution in [2.24, 2.45) is 0 Å². The number of thiazole rings is 1. The highest BCUT2D eigenvalue weighted by Gasteiger charge is 2.28. The average molecular weight is 332 g/mol. The maximum Gasteiger partial charge on any atom is 0.270 e. The largest absolute Gasteiger partial charge is 0.361 e. The first-order chi connectivity index (χ1) is 11.3. The molecular formula is C16H20N4O2S. The standard InChI is InChI=1S/C16H20N4O2S/c21-16(14-9-23-10-17-14)18-11-3-4-15-12(7-11)13(19-22-15)8-20-5-1-2-6-20/h9-11H,1-8H2,(H,18,21). The number of hydrogen-bond acceptors (Lipinski definition) is 6. The predicted molar refractivity (Wildman–Crippen MR) is 86.4 cm³/mol. The third-order valence-electron chi connectivity index (χ3n) is 4.69. The summed E-state index contributed by atoms with van der Waals surface area (Å²) in [5.74, 6) is 0.913. The Bertz CT molecular complexity index is 676. The normalized spacial score (nSPS) is 21.3. The molecule has 0 radical (unpaired) electrons. The van der Waals surface area contributed by atoms with Gasteiger partial charge in [0.25, 0.3) is 5.91 Å². The number of nitrogens with zero attached hydrogens (tertiary/aromatic N) is 3. The van der Waals surface area contributed by atoms with Crippen LogP contribution in [0.25, 0.3) is 0 Å². The van der Waals surface area contributed by atoms with E-state index in [-0.39, 0.29) is 11.9 Å². The zero-order valence-corrected chi connectivity index (χ0v) is 13.8. The van der Waals surface area contributed by atoms with Crippen molar-refractivity contribution >= 4 is 17.2 Å². The lowest BCUT2D eigenvalue weighted by molar-refractivity contribution is 0.0928. The van der Waals surface area contributed by atoms with E-state index in [4.69, 9.17) is 4.52 Å². The van der Waals surface area contributed by atoms with Crippen molar-refractivity contribution in [1.29, 1.82) is 0 Å². The first-order valence-electron chi connectivity index (χ1n) is 8.17. The van der Waals surface area contributed by atoms with Crippen LogP contribution in [0.3, 0.4) is 0 Å². The van der Waals surface area contributed by atoms with Crippen LogP contribution in [0.4, 0.5) is 0 Å². The van der Waals surface area contributed by atoms with Crippen molar-refractivity contribution in [3.63, 3.8) is 0 Å². The van der Waals surface area contributed by atoms with Gasteiger partial charge in [-0.1, -0.05) is 5.16 Å². The Morgan fingerprint density at radius 2 is 2.30 bits per heavy atom. The maximum atomic E-state index is 12.2. The van der Waals surface area contributed by atoms with Crippen molar-refractivity contribution < 1.29 is 9.32 Å². The molecule has 2 aromatic heterocycles. The minimum atomic E-state index is -0.0859. The van der Waals surface area contributed by atoms with Gasteiger partial charge in [0.2, 0.25) is 0 Å². The maximum absolute atomic E-state index is 12.2. The summed E-state index contributed by atoms with van der Waals surface area (Å²) in [4.78, 5) is 18.7. The summed E-state index contributed by atoms with van der Waals surface area (Å²) in [6.07, 6.45) is 5.07. The number of fused-ring (bicyclic) bond motifs is 1. The number of likely N-dealkylation sites (tertiary alicyclic amines) is 1. The summed E-state index contributed by atoms with van der Waals surface area (Å²) >= 11 is 1.44. The van der Waals surface area contributed by atoms with E-state index >= 15 is 0 Å². The fourth-order valence-corrected chi connectivity index (χ4v) is 3.98. The highest BCUT2D eigenvalue weighted by atomic mass is 32.1. The minimum Gasteiger partial charge on any atom is -0.361 e. The summed E-state index contributed by atoms with van der Waals surface area (Å²) in [5, 5.41) is 9.16. The van der Waals surface area contributed by atoms with Gasteiger partial charge in [0.05, 0.1) is 5.51 Å². The third-order valence-corrected chi connectivity index (χ3v) is 5.28. The van der Waals surface area contributed by atoms with Crippen LogP contribution < -0.4 is 5.32 Å². The molecule has 1 amide bonds. The van der Waals surface area contributed by atoms with Crippen LogP contribution in [-0.4, -0.2) is 40.1 Å². The summed E-state index contributed by atoms with van der Waals surface area (Å²) in [5.41, 5.74) is 4.44. The van der Waals surface area contributed by atoms with Crippen LogP contribution in [0.5, 0.6) is 0 Å². The zero-order chi connectivity index (χ0) is 15.6. The molecule has 1 fully saturated rings. The summed E-state index contributed by atoms with van der Waals surface area (Å²) in [6, 6.07) is 0.133. The number of hydrogen-bond donors (Lipinski definition) is 1. The number of carbonyl (C=O) groups is 1. The number of carbonyl (C=O) groups excluding carboxylic acids is 1. The van der Waals surface area contributed by atoms with Crippen molar-refractivity contribution in [2.45, 2.75) is 44.7 Å². The van der Waals surface area contributed by atoms with E-state index in [2.05, 4.69) is 20.4 Å². The van der Waals surface area contributed by atoms with Gasteiger partial charge in [0, 0.05) is 30.0 Å². The smallest absolute Gasteiger partial charge is 0.270 e. The highest BCUT2D eigenvalue weighted by molar-refractivity contribution is 7.07. The second-order valence-corrected chi connectivity index (χ2v) is 7.02. The molecule has 1 saturated heterocycles. The van der Waals surface area contributed by atoms with Crippen LogP contribution in [0.1, 0.15) is 46.8 Å². The van der Waals surface area contributed by atoms with Crippen LogP contribution in [0, 0.1) is 0 Å². The second-order valence-electron chi connectivity index (χ2n) is 6.30. The average Bonchev–Trinajstić information content (AvgIpc) is 3.29. The quantitative estimate of drug-likeness (QED) is 0.927. The van der Waals surface area contributed by atoms with Crippen molar-refractivity contribution in [3.8, 4) is 0 Å². The lowest BCUT2D eigenvalue weighted by Crippen LogP contribution is -2.39. The zero-order valence-electron chi connectivity index (χ0n) is 13.0. The predicted octanol–water partition coefficient (Wildman–Crippen LogP) is 2.01. The molecule has 1 aliphatic carbocycles. The van der Waals surface area contributed by atoms with Gasteiger partial charge in [0.15, 0.2) is 0 Å². The van der Waals surface area contributed by atoms with Crippen molar-refractivity contribution in [1.82, 2.24) is 20.4 Å². The Hall–Kier alpha value is -1.73. The molecule has 1 atom stereocenters. The fraction of sp³-hybridized carbons (Fsp3) is 0.562. The fourth-order valence-electron chi connectivity index (χ4n) is 3.45. The van der Waals surface area contributed by atoms with Crippen LogP contribution in [-0.2, 0) is 19.4 Å². The molecule has 0 spiro atoms. The Morgan fingerprint density at radius 3 is 3.09 bits per heavy atom. The monoisotopic (exact) mass is 332 g/mol. The van der Waals surface area contributed by atoms with Crippen LogP contribution >= 0.6 is 11.3 Å². The third kappa shape index (κ3) is 3.16. The Kier molecular flexibility index (Phi) is 4.13. The molecule has 2 aliphatic rings. The van der Waals surface area contributed by atoms with E-state index in [0.717, 1.165) is 50.4 Å². The Morgan fingerprint density at radius 1 is 1.43 bits per heavy atom. The van der Waals surface area contributed by atoms with E-state index in [0.29, 0.717) is 5.69 Å². The van der Waals surface area contributed by atoms with Gasteiger partial charge in [-0.15, -0.1) is 11.3 Å². The molecule has 3 heterocycles. The van der Waals surface area contributed by atoms with Crippen molar-refractivity contribution in [2.75, 3.05) is 13.1 Å². The second kappa shape index (κ2) is 6.41. The lowest BCUT2D eigenvalue weighted by Gasteiger charge is -2.23. The molecule has 1 aliphatic heterocycles. The SMILES string of the molecule is O=C(NC1CCc2onc(CN3CCCC3)c2C1)c1cscn1. The Balaban J connectivity index is 1.43. The van der Waals surface area contributed by atoms with Crippen molar-refractivity contribution in [3.05, 3.63) is 33.6 Å². The van der Waals surface area contributed by atoms with E-state index in [1.165, 1.54) is 29.7 Å². The molecule has 0 saturated carbocycles. The summed E-state index contributed by atoms with van der Waals surface area (Å²) in [6.45, 7) is 3.16. The molecule has 2 aromatic rings. The topological polar surface area (TPSA) is 71.3 Å². The molecule has 0 aromatic carbocycles. The van der Waals surface area contributed by atoms with Crippen LogP contribution in [0.2, 0.25) is 0 Å². The minimum absolute atomic E-state index is 0.0859. The molecular weight excluding hydrogens is 312 g/mol. The molecule has 7 heteroatoms. The van der Waals surface area contributed by atoms with Gasteiger partial charge in [0.1, 0.15) is 17.1 Å². The number of aromatic nitrogens is 2. The molecule has 23 heavy (non-hydrogen) atoms. The molecule has 0 bridgehead atoms. The number of aryl methyl sites for hydroxylation is 1. The first kappa shape index (κ1) is 14.8.